The number of rotatable bonds is 5. The lowest BCUT2D eigenvalue weighted by molar-refractivity contribution is 0.0997. The van der Waals surface area contributed by atoms with Crippen molar-refractivity contribution in [1.82, 2.24) is 0 Å². The number of carbonyl (C=O) groups is 1. The van der Waals surface area contributed by atoms with Gasteiger partial charge in [-0.1, -0.05) is 0 Å². The molecular formula is C19H16FNO4. The van der Waals surface area contributed by atoms with E-state index in [1.807, 2.05) is 0 Å². The van der Waals surface area contributed by atoms with E-state index in [2.05, 4.69) is 5.32 Å². The summed E-state index contributed by atoms with van der Waals surface area (Å²) in [5.74, 6) is 0.923. The Bertz CT molecular complexity index is 887. The summed E-state index contributed by atoms with van der Waals surface area (Å²) in [5, 5.41) is 2.73. The van der Waals surface area contributed by atoms with Crippen LogP contribution in [-0.4, -0.2) is 20.1 Å². The van der Waals surface area contributed by atoms with E-state index in [1.54, 1.807) is 42.5 Å². The van der Waals surface area contributed by atoms with Crippen LogP contribution in [0.1, 0.15) is 10.6 Å². The first-order valence-electron chi connectivity index (χ1n) is 7.50. The van der Waals surface area contributed by atoms with Crippen molar-refractivity contribution < 1.29 is 23.1 Å². The Labute approximate surface area is 144 Å². The molecule has 0 atom stereocenters. The van der Waals surface area contributed by atoms with Crippen LogP contribution < -0.4 is 14.8 Å². The molecule has 0 radical (unpaired) electrons. The van der Waals surface area contributed by atoms with Gasteiger partial charge in [-0.2, -0.15) is 0 Å². The fraction of sp³-hybridized carbons (Fsp3) is 0.105. The fourth-order valence-electron chi connectivity index (χ4n) is 2.32. The van der Waals surface area contributed by atoms with Crippen molar-refractivity contribution in [2.24, 2.45) is 0 Å². The maximum atomic E-state index is 13.0. The number of hydrogen-bond donors (Lipinski definition) is 1. The first-order valence-corrected chi connectivity index (χ1v) is 7.50. The lowest BCUT2D eigenvalue weighted by Gasteiger charge is -2.10. The highest BCUT2D eigenvalue weighted by Crippen LogP contribution is 2.30. The summed E-state index contributed by atoms with van der Waals surface area (Å²) in [6.07, 6.45) is 0. The average molecular weight is 341 g/mol. The summed E-state index contributed by atoms with van der Waals surface area (Å²) >= 11 is 0. The van der Waals surface area contributed by atoms with Gasteiger partial charge in [0, 0.05) is 11.6 Å². The zero-order chi connectivity index (χ0) is 17.8. The summed E-state index contributed by atoms with van der Waals surface area (Å²) in [7, 11) is 3.05. The number of amides is 1. The Morgan fingerprint density at radius 2 is 1.76 bits per heavy atom. The van der Waals surface area contributed by atoms with Crippen LogP contribution in [0.25, 0.3) is 11.3 Å². The van der Waals surface area contributed by atoms with E-state index in [9.17, 15) is 9.18 Å². The largest absolute Gasteiger partial charge is 0.497 e. The number of methoxy groups -OCH3 is 2. The molecule has 1 amide bonds. The summed E-state index contributed by atoms with van der Waals surface area (Å²) in [5.41, 5.74) is 1.14. The molecule has 1 heterocycles. The lowest BCUT2D eigenvalue weighted by atomic mass is 10.2. The highest BCUT2D eigenvalue weighted by Gasteiger charge is 2.15. The zero-order valence-corrected chi connectivity index (χ0v) is 13.7. The van der Waals surface area contributed by atoms with Gasteiger partial charge in [0.25, 0.3) is 5.91 Å². The Morgan fingerprint density at radius 3 is 2.44 bits per heavy atom. The molecule has 1 aromatic heterocycles. The smallest absolute Gasteiger partial charge is 0.291 e. The summed E-state index contributed by atoms with van der Waals surface area (Å²) in [6, 6.07) is 14.1. The van der Waals surface area contributed by atoms with Crippen LogP contribution in [0.3, 0.4) is 0 Å². The number of nitrogens with one attached hydrogen (secondary N) is 1. The molecule has 5 nitrogen and oxygen atoms in total. The molecule has 2 aromatic carbocycles. The van der Waals surface area contributed by atoms with Crippen molar-refractivity contribution in [3.8, 4) is 22.8 Å². The van der Waals surface area contributed by atoms with Gasteiger partial charge in [0.1, 0.15) is 23.1 Å². The maximum Gasteiger partial charge on any atom is 0.291 e. The average Bonchev–Trinajstić information content (AvgIpc) is 3.12. The van der Waals surface area contributed by atoms with Gasteiger partial charge in [0.2, 0.25) is 0 Å². The minimum absolute atomic E-state index is 0.129. The van der Waals surface area contributed by atoms with E-state index in [4.69, 9.17) is 13.9 Å². The molecule has 0 saturated heterocycles. The third kappa shape index (κ3) is 3.63. The highest BCUT2D eigenvalue weighted by atomic mass is 19.1. The van der Waals surface area contributed by atoms with Crippen LogP contribution in [0, 0.1) is 5.82 Å². The maximum absolute atomic E-state index is 13.0. The molecule has 0 bridgehead atoms. The van der Waals surface area contributed by atoms with Crippen LogP contribution in [-0.2, 0) is 0 Å². The number of halogens is 1. The Morgan fingerprint density at radius 1 is 1.00 bits per heavy atom. The number of ether oxygens (including phenoxy) is 2. The van der Waals surface area contributed by atoms with Crippen molar-refractivity contribution >= 4 is 11.6 Å². The molecule has 0 aliphatic heterocycles. The molecule has 25 heavy (non-hydrogen) atoms. The van der Waals surface area contributed by atoms with Gasteiger partial charge >= 0.3 is 0 Å². The lowest BCUT2D eigenvalue weighted by Crippen LogP contribution is -2.11. The first-order chi connectivity index (χ1) is 12.1. The van der Waals surface area contributed by atoms with E-state index in [0.29, 0.717) is 28.5 Å². The summed E-state index contributed by atoms with van der Waals surface area (Å²) < 4.78 is 28.9. The van der Waals surface area contributed by atoms with Crippen molar-refractivity contribution in [2.45, 2.75) is 0 Å². The van der Waals surface area contributed by atoms with E-state index in [1.165, 1.54) is 26.4 Å². The number of hydrogen-bond acceptors (Lipinski definition) is 4. The van der Waals surface area contributed by atoms with Gasteiger partial charge in [-0.3, -0.25) is 4.79 Å². The van der Waals surface area contributed by atoms with Crippen LogP contribution in [0.5, 0.6) is 11.5 Å². The minimum Gasteiger partial charge on any atom is -0.497 e. The normalized spacial score (nSPS) is 10.4. The minimum atomic E-state index is -0.431. The van der Waals surface area contributed by atoms with Gasteiger partial charge < -0.3 is 19.2 Å². The van der Waals surface area contributed by atoms with Crippen molar-refractivity contribution in [2.75, 3.05) is 19.5 Å². The molecule has 0 fully saturated rings. The Kier molecular flexibility index (Phi) is 4.70. The topological polar surface area (TPSA) is 60.7 Å². The molecule has 0 aliphatic rings. The molecule has 0 aliphatic carbocycles. The molecule has 1 N–H and O–H groups in total. The van der Waals surface area contributed by atoms with E-state index in [-0.39, 0.29) is 11.6 Å². The van der Waals surface area contributed by atoms with Crippen molar-refractivity contribution in [3.63, 3.8) is 0 Å². The Hall–Kier alpha value is -3.28. The molecular weight excluding hydrogens is 325 g/mol. The quantitative estimate of drug-likeness (QED) is 0.749. The highest BCUT2D eigenvalue weighted by molar-refractivity contribution is 6.03. The second kappa shape index (κ2) is 7.09. The van der Waals surface area contributed by atoms with Gasteiger partial charge in [-0.05, 0) is 48.5 Å². The van der Waals surface area contributed by atoms with Gasteiger partial charge in [-0.15, -0.1) is 0 Å². The van der Waals surface area contributed by atoms with Gasteiger partial charge in [-0.25, -0.2) is 4.39 Å². The van der Waals surface area contributed by atoms with Gasteiger partial charge in [0.15, 0.2) is 5.76 Å². The van der Waals surface area contributed by atoms with Crippen molar-refractivity contribution in [1.29, 1.82) is 0 Å². The second-order valence-corrected chi connectivity index (χ2v) is 5.19. The standard InChI is InChI=1S/C19H16FNO4/c1-23-14-7-8-17(24-2)15(11-14)21-19(22)18-10-9-16(25-18)12-3-5-13(20)6-4-12/h3-11H,1-2H3,(H,21,22). The SMILES string of the molecule is COc1ccc(OC)c(NC(=O)c2ccc(-c3ccc(F)cc3)o2)c1. The molecule has 6 heteroatoms. The van der Waals surface area contributed by atoms with Crippen LogP contribution >= 0.6 is 0 Å². The first kappa shape index (κ1) is 16.6. The van der Waals surface area contributed by atoms with Crippen LogP contribution in [0.2, 0.25) is 0 Å². The number of anilines is 1. The van der Waals surface area contributed by atoms with E-state index in [0.717, 1.165) is 0 Å². The van der Waals surface area contributed by atoms with E-state index >= 15 is 0 Å². The number of furan rings is 1. The summed E-state index contributed by atoms with van der Waals surface area (Å²) in [4.78, 5) is 12.4. The molecule has 0 saturated carbocycles. The third-order valence-electron chi connectivity index (χ3n) is 3.61. The molecule has 3 rings (SSSR count). The third-order valence-corrected chi connectivity index (χ3v) is 3.61. The molecule has 128 valence electrons. The molecule has 0 unspecified atom stereocenters. The fourth-order valence-corrected chi connectivity index (χ4v) is 2.32. The molecule has 3 aromatic rings. The second-order valence-electron chi connectivity index (χ2n) is 5.19. The molecule has 0 spiro atoms. The van der Waals surface area contributed by atoms with Crippen LogP contribution in [0.15, 0.2) is 59.0 Å². The van der Waals surface area contributed by atoms with Crippen LogP contribution in [0.4, 0.5) is 10.1 Å². The predicted octanol–water partition coefficient (Wildman–Crippen LogP) is 4.36. The van der Waals surface area contributed by atoms with Crippen molar-refractivity contribution in [3.05, 3.63) is 66.2 Å². The predicted molar refractivity (Wildman–Crippen MR) is 91.6 cm³/mol. The summed E-state index contributed by atoms with van der Waals surface area (Å²) in [6.45, 7) is 0. The monoisotopic (exact) mass is 341 g/mol. The van der Waals surface area contributed by atoms with Gasteiger partial charge in [0.05, 0.1) is 19.9 Å². The number of benzene rings is 2. The van der Waals surface area contributed by atoms with E-state index < -0.39 is 5.91 Å². The number of carbonyl (C=O) groups excluding carboxylic acids is 1. The zero-order valence-electron chi connectivity index (χ0n) is 13.7. The Balaban J connectivity index is 1.81.